The summed E-state index contributed by atoms with van der Waals surface area (Å²) in [7, 11) is 0. The number of aliphatic hydroxyl groups is 11. The molecule has 17 unspecified atom stereocenters. The number of carbonyl (C=O) groups excluding carboxylic acids is 1. The summed E-state index contributed by atoms with van der Waals surface area (Å²) in [6.07, 6.45) is 32.1. The van der Waals surface area contributed by atoms with Gasteiger partial charge < -0.3 is 89.9 Å². The van der Waals surface area contributed by atoms with Crippen LogP contribution < -0.4 is 5.32 Å². The quantitative estimate of drug-likeness (QED) is 0.0249. The number of aliphatic hydroxyl groups excluding tert-OH is 11. The number of hydrogen-bond donors (Lipinski definition) is 12. The van der Waals surface area contributed by atoms with Crippen molar-refractivity contribution in [3.05, 3.63) is 109 Å². The second-order valence-corrected chi connectivity index (χ2v) is 21.4. The maximum Gasteiger partial charge on any atom is 0.220 e. The molecule has 17 atom stereocenters. The molecule has 3 rings (SSSR count). The largest absolute Gasteiger partial charge is 0.394 e. The van der Waals surface area contributed by atoms with E-state index in [1.165, 1.54) is 38.5 Å². The van der Waals surface area contributed by atoms with Gasteiger partial charge in [0, 0.05) is 6.42 Å². The van der Waals surface area contributed by atoms with Gasteiger partial charge in [-0.25, -0.2) is 0 Å². The first-order valence-corrected chi connectivity index (χ1v) is 30.6. The van der Waals surface area contributed by atoms with Crippen molar-refractivity contribution in [1.29, 1.82) is 0 Å². The summed E-state index contributed by atoms with van der Waals surface area (Å²) in [4.78, 5) is 13.3. The summed E-state index contributed by atoms with van der Waals surface area (Å²) in [6, 6.07) is -1.01. The average molecular weight is 1180 g/mol. The molecule has 3 aliphatic heterocycles. The zero-order valence-corrected chi connectivity index (χ0v) is 49.4. The third-order valence-corrected chi connectivity index (χ3v) is 14.6. The minimum absolute atomic E-state index is 0.188. The number of allylic oxidation sites excluding steroid dienone is 17. The number of carbonyl (C=O) groups is 1. The van der Waals surface area contributed by atoms with Crippen LogP contribution in [-0.4, -0.2) is 193 Å². The van der Waals surface area contributed by atoms with Gasteiger partial charge in [-0.3, -0.25) is 4.79 Å². The molecule has 3 heterocycles. The van der Waals surface area contributed by atoms with Gasteiger partial charge in [-0.2, -0.15) is 0 Å². The molecule has 0 aromatic carbocycles. The van der Waals surface area contributed by atoms with Crippen LogP contribution in [0.3, 0.4) is 0 Å². The highest BCUT2D eigenvalue weighted by Crippen LogP contribution is 2.33. The van der Waals surface area contributed by atoms with Gasteiger partial charge in [-0.1, -0.05) is 168 Å². The van der Waals surface area contributed by atoms with Crippen LogP contribution in [0.25, 0.3) is 0 Å². The van der Waals surface area contributed by atoms with Crippen molar-refractivity contribution in [3.8, 4) is 0 Å². The van der Waals surface area contributed by atoms with E-state index < -0.39 is 124 Å². The number of hydrogen-bond acceptors (Lipinski definition) is 18. The van der Waals surface area contributed by atoms with Crippen LogP contribution >= 0.6 is 0 Å². The predicted octanol–water partition coefficient (Wildman–Crippen LogP) is 5.92. The molecule has 3 fully saturated rings. The van der Waals surface area contributed by atoms with Gasteiger partial charge in [0.1, 0.15) is 73.2 Å². The fraction of sp³-hybridized carbons (Fsp3) is 0.703. The first-order chi connectivity index (χ1) is 40.3. The Bertz CT molecular complexity index is 1930. The van der Waals surface area contributed by atoms with Crippen molar-refractivity contribution in [3.63, 3.8) is 0 Å². The lowest BCUT2D eigenvalue weighted by atomic mass is 9.96. The molecule has 3 aliphatic rings. The Hall–Kier alpha value is -3.55. The second-order valence-electron chi connectivity index (χ2n) is 21.4. The first-order valence-electron chi connectivity index (χ1n) is 30.6. The summed E-state index contributed by atoms with van der Waals surface area (Å²) in [5.74, 6) is -0.324. The van der Waals surface area contributed by atoms with Gasteiger partial charge in [-0.05, 0) is 89.9 Å². The molecule has 0 aromatic rings. The van der Waals surface area contributed by atoms with E-state index >= 15 is 0 Å². The number of ether oxygens (including phenoxy) is 6. The van der Waals surface area contributed by atoms with E-state index in [1.807, 2.05) is 6.08 Å². The zero-order valence-electron chi connectivity index (χ0n) is 49.4. The monoisotopic (exact) mass is 1180 g/mol. The average Bonchev–Trinajstić information content (AvgIpc) is 3.57. The van der Waals surface area contributed by atoms with Crippen molar-refractivity contribution in [2.75, 3.05) is 26.4 Å². The highest BCUT2D eigenvalue weighted by Gasteiger charge is 2.53. The summed E-state index contributed by atoms with van der Waals surface area (Å²) in [5.41, 5.74) is 0. The van der Waals surface area contributed by atoms with Gasteiger partial charge >= 0.3 is 0 Å². The highest BCUT2D eigenvalue weighted by molar-refractivity contribution is 5.76. The standard InChI is InChI=1S/C64H105NO18/c1-3-5-7-9-11-13-15-17-18-19-20-21-22-23-24-25-26-27-28-30-32-34-36-38-40-42-52(70)65-47(48(69)41-39-37-35-33-31-29-16-14-12-10-8-6-4-2)46-78-62-58(76)55(73)60(50(44-67)80-62)83-64-59(77)56(74)61(51(45-68)81-64)82-63-57(75)54(72)53(71)49(43-66)79-63/h5,7,11,13,17-18,20-21,23-24,26-27,30-33,39,41,47-51,53-64,66-69,71-77H,3-4,6,8-10,12,14-16,19,22,25,28-29,34-38,40,42-46H2,1-2H3,(H,65,70)/b7-5-,13-11-,18-17-,21-20-,24-23-,27-26-,32-30-,33-31+,41-39+. The van der Waals surface area contributed by atoms with E-state index in [0.29, 0.717) is 12.8 Å². The van der Waals surface area contributed by atoms with Gasteiger partial charge in [0.15, 0.2) is 18.9 Å². The molecule has 1 amide bonds. The Balaban J connectivity index is 1.49. The molecular formula is C64H105NO18. The van der Waals surface area contributed by atoms with E-state index in [4.69, 9.17) is 28.4 Å². The van der Waals surface area contributed by atoms with Crippen LogP contribution in [0.2, 0.25) is 0 Å². The summed E-state index contributed by atoms with van der Waals surface area (Å²) < 4.78 is 34.2. The van der Waals surface area contributed by atoms with Crippen LogP contribution in [0.15, 0.2) is 109 Å². The van der Waals surface area contributed by atoms with Crippen LogP contribution in [0.5, 0.6) is 0 Å². The fourth-order valence-corrected chi connectivity index (χ4v) is 9.54. The Morgan fingerprint density at radius 3 is 1.35 bits per heavy atom. The van der Waals surface area contributed by atoms with Crippen molar-refractivity contribution in [2.24, 2.45) is 0 Å². The Labute approximate surface area is 494 Å². The molecule has 0 bridgehead atoms. The summed E-state index contributed by atoms with van der Waals surface area (Å²) in [6.45, 7) is 1.51. The van der Waals surface area contributed by atoms with Crippen LogP contribution in [0.4, 0.5) is 0 Å². The highest BCUT2D eigenvalue weighted by atomic mass is 16.8. The number of amides is 1. The van der Waals surface area contributed by atoms with E-state index in [9.17, 15) is 61.0 Å². The maximum atomic E-state index is 13.3. The van der Waals surface area contributed by atoms with Gasteiger partial charge in [0.05, 0.1) is 38.6 Å². The lowest BCUT2D eigenvalue weighted by molar-refractivity contribution is -0.379. The smallest absolute Gasteiger partial charge is 0.220 e. The lowest BCUT2D eigenvalue weighted by Crippen LogP contribution is -2.66. The van der Waals surface area contributed by atoms with Crippen molar-refractivity contribution in [1.82, 2.24) is 5.32 Å². The SMILES string of the molecule is CC/C=C\C/C=C\C/C=C\C/C=C\C/C=C\C/C=C\C/C=C\CCCCCC(=O)NC(COC1OC(CO)C(OC2OC(CO)C(OC3OC(CO)C(O)C(O)C3O)C(O)C2O)C(O)C1O)C(O)/C=C/CC/C=C/CCCCCCCCC. The normalized spacial score (nSPS) is 30.2. The molecular weight excluding hydrogens is 1070 g/mol. The van der Waals surface area contributed by atoms with Crippen molar-refractivity contribution >= 4 is 5.91 Å². The summed E-state index contributed by atoms with van der Waals surface area (Å²) in [5, 5.41) is 120. The zero-order chi connectivity index (χ0) is 60.5. The first kappa shape index (κ1) is 73.7. The number of nitrogens with one attached hydrogen (secondary N) is 1. The molecule has 0 spiro atoms. The number of rotatable bonds is 43. The minimum atomic E-state index is -1.99. The molecule has 0 aromatic heterocycles. The lowest BCUT2D eigenvalue weighted by Gasteiger charge is -2.48. The van der Waals surface area contributed by atoms with E-state index in [0.717, 1.165) is 83.5 Å². The fourth-order valence-electron chi connectivity index (χ4n) is 9.54. The Morgan fingerprint density at radius 2 is 0.843 bits per heavy atom. The van der Waals surface area contributed by atoms with Crippen LogP contribution in [0.1, 0.15) is 155 Å². The van der Waals surface area contributed by atoms with Gasteiger partial charge in [0.2, 0.25) is 5.91 Å². The molecule has 0 radical (unpaired) electrons. The molecule has 12 N–H and O–H groups in total. The molecule has 3 saturated heterocycles. The molecule has 19 nitrogen and oxygen atoms in total. The Kier molecular flexibility index (Phi) is 40.6. The second kappa shape index (κ2) is 45.7. The Morgan fingerprint density at radius 1 is 0.446 bits per heavy atom. The van der Waals surface area contributed by atoms with Gasteiger partial charge in [-0.15, -0.1) is 0 Å². The molecule has 19 heteroatoms. The molecule has 474 valence electrons. The van der Waals surface area contributed by atoms with E-state index in [-0.39, 0.29) is 18.9 Å². The minimum Gasteiger partial charge on any atom is -0.394 e. The number of unbranched alkanes of at least 4 members (excludes halogenated alkanes) is 11. The summed E-state index contributed by atoms with van der Waals surface area (Å²) >= 11 is 0. The third kappa shape index (κ3) is 29.1. The molecule has 83 heavy (non-hydrogen) atoms. The van der Waals surface area contributed by atoms with Gasteiger partial charge in [0.25, 0.3) is 0 Å². The van der Waals surface area contributed by atoms with Crippen LogP contribution in [0, 0.1) is 0 Å². The van der Waals surface area contributed by atoms with E-state index in [1.54, 1.807) is 6.08 Å². The third-order valence-electron chi connectivity index (χ3n) is 14.6. The molecule has 0 saturated carbocycles. The predicted molar refractivity (Wildman–Crippen MR) is 318 cm³/mol. The maximum absolute atomic E-state index is 13.3. The molecule has 0 aliphatic carbocycles. The van der Waals surface area contributed by atoms with E-state index in [2.05, 4.69) is 116 Å². The van der Waals surface area contributed by atoms with Crippen molar-refractivity contribution < 1.29 is 89.4 Å². The van der Waals surface area contributed by atoms with Crippen LogP contribution in [-0.2, 0) is 33.2 Å². The topological polar surface area (TPSA) is 307 Å². The van der Waals surface area contributed by atoms with Crippen molar-refractivity contribution in [2.45, 2.75) is 259 Å².